The van der Waals surface area contributed by atoms with Crippen molar-refractivity contribution in [2.75, 3.05) is 0 Å². The van der Waals surface area contributed by atoms with E-state index in [4.69, 9.17) is 0 Å². The summed E-state index contributed by atoms with van der Waals surface area (Å²) in [5.74, 6) is 0.528. The average molecular weight is 152 g/mol. The highest BCUT2D eigenvalue weighted by atomic mass is 15.5. The first kappa shape index (κ1) is 9.55. The molecule has 1 aliphatic rings. The van der Waals surface area contributed by atoms with Crippen molar-refractivity contribution in [2.24, 2.45) is 15.1 Å². The fourth-order valence-corrected chi connectivity index (χ4v) is 0.437. The maximum atomic E-state index is 3.76. The minimum atomic E-state index is 0.528. The SMILES string of the molecule is C=NN1C=NC=NC1=C.CC. The molecule has 0 aromatic heterocycles. The smallest absolute Gasteiger partial charge is 0.149 e. The highest BCUT2D eigenvalue weighted by Crippen LogP contribution is 2.02. The van der Waals surface area contributed by atoms with Crippen molar-refractivity contribution >= 4 is 19.4 Å². The van der Waals surface area contributed by atoms with E-state index in [2.05, 4.69) is 28.4 Å². The number of hydrazone groups is 1. The van der Waals surface area contributed by atoms with Crippen molar-refractivity contribution in [3.8, 4) is 0 Å². The van der Waals surface area contributed by atoms with Crippen LogP contribution < -0.4 is 0 Å². The van der Waals surface area contributed by atoms with Crippen LogP contribution in [0, 0.1) is 0 Å². The van der Waals surface area contributed by atoms with Crippen LogP contribution in [0.25, 0.3) is 0 Å². The number of hydrogen-bond acceptors (Lipinski definition) is 4. The van der Waals surface area contributed by atoms with Gasteiger partial charge in [-0.25, -0.2) is 15.0 Å². The van der Waals surface area contributed by atoms with E-state index in [1.54, 1.807) is 0 Å². The van der Waals surface area contributed by atoms with Gasteiger partial charge in [-0.1, -0.05) is 20.4 Å². The number of aliphatic imine (C=N–C) groups is 2. The lowest BCUT2D eigenvalue weighted by Gasteiger charge is -2.12. The highest BCUT2D eigenvalue weighted by Gasteiger charge is 2.00. The third-order valence-corrected chi connectivity index (χ3v) is 0.866. The lowest BCUT2D eigenvalue weighted by atomic mass is 10.7. The van der Waals surface area contributed by atoms with Gasteiger partial charge < -0.3 is 0 Å². The molecular formula is C7H12N4. The summed E-state index contributed by atoms with van der Waals surface area (Å²) in [6.07, 6.45) is 2.90. The standard InChI is InChI=1S/C5H6N4.C2H6/c1-5-8-3-7-4-9(5)6-2;1-2/h3-4H,1-2H2;1-2H3. The van der Waals surface area contributed by atoms with Crippen LogP contribution in [-0.4, -0.2) is 24.4 Å². The van der Waals surface area contributed by atoms with Crippen molar-refractivity contribution in [1.82, 2.24) is 5.01 Å². The number of rotatable bonds is 1. The fourth-order valence-electron chi connectivity index (χ4n) is 0.437. The molecule has 1 heterocycles. The largest absolute Gasteiger partial charge is 0.225 e. The van der Waals surface area contributed by atoms with E-state index in [0.29, 0.717) is 5.82 Å². The third kappa shape index (κ3) is 2.75. The molecule has 60 valence electrons. The topological polar surface area (TPSA) is 40.3 Å². The van der Waals surface area contributed by atoms with Gasteiger partial charge in [0.05, 0.1) is 0 Å². The van der Waals surface area contributed by atoms with Crippen LogP contribution >= 0.6 is 0 Å². The van der Waals surface area contributed by atoms with Crippen LogP contribution in [0.1, 0.15) is 13.8 Å². The lowest BCUT2D eigenvalue weighted by Crippen LogP contribution is -2.14. The zero-order valence-corrected chi connectivity index (χ0v) is 6.86. The molecule has 4 heteroatoms. The van der Waals surface area contributed by atoms with Gasteiger partial charge in [-0.2, -0.15) is 5.10 Å². The minimum absolute atomic E-state index is 0.528. The molecule has 0 aromatic rings. The van der Waals surface area contributed by atoms with Gasteiger partial charge in [-0.15, -0.1) is 0 Å². The molecule has 4 nitrogen and oxygen atoms in total. The molecule has 0 fully saturated rings. The zero-order chi connectivity index (χ0) is 8.69. The second-order valence-corrected chi connectivity index (χ2v) is 1.41. The Morgan fingerprint density at radius 3 is 2.55 bits per heavy atom. The Bertz CT molecular complexity index is 193. The molecule has 1 rings (SSSR count). The maximum absolute atomic E-state index is 3.76. The Morgan fingerprint density at radius 1 is 1.55 bits per heavy atom. The summed E-state index contributed by atoms with van der Waals surface area (Å²) in [7, 11) is 0. The first-order valence-electron chi connectivity index (χ1n) is 3.35. The molecule has 0 N–H and O–H groups in total. The van der Waals surface area contributed by atoms with Gasteiger partial charge >= 0.3 is 0 Å². The Balaban J connectivity index is 0.000000461. The average Bonchev–Trinajstić information content (AvgIpc) is 2.09. The highest BCUT2D eigenvalue weighted by molar-refractivity contribution is 5.75. The van der Waals surface area contributed by atoms with E-state index in [-0.39, 0.29) is 0 Å². The monoisotopic (exact) mass is 152 g/mol. The summed E-state index contributed by atoms with van der Waals surface area (Å²) >= 11 is 0. The van der Waals surface area contributed by atoms with Crippen molar-refractivity contribution in [2.45, 2.75) is 13.8 Å². The molecule has 1 aliphatic heterocycles. The Hall–Kier alpha value is -1.45. The first-order chi connectivity index (χ1) is 5.34. The molecule has 0 bridgehead atoms. The summed E-state index contributed by atoms with van der Waals surface area (Å²) in [5.41, 5.74) is 0. The molecular weight excluding hydrogens is 140 g/mol. The second kappa shape index (κ2) is 5.34. The molecule has 0 radical (unpaired) electrons. The molecule has 0 saturated heterocycles. The fraction of sp³-hybridized carbons (Fsp3) is 0.286. The van der Waals surface area contributed by atoms with Crippen molar-refractivity contribution in [3.05, 3.63) is 12.4 Å². The van der Waals surface area contributed by atoms with Crippen LogP contribution in [0.3, 0.4) is 0 Å². The summed E-state index contributed by atoms with van der Waals surface area (Å²) in [5, 5.41) is 4.94. The number of hydrogen-bond donors (Lipinski definition) is 0. The maximum Gasteiger partial charge on any atom is 0.149 e. The third-order valence-electron chi connectivity index (χ3n) is 0.866. The van der Waals surface area contributed by atoms with E-state index in [1.807, 2.05) is 13.8 Å². The first-order valence-corrected chi connectivity index (χ1v) is 3.35. The summed E-state index contributed by atoms with van der Waals surface area (Å²) in [6.45, 7) is 10.9. The molecule has 11 heavy (non-hydrogen) atoms. The summed E-state index contributed by atoms with van der Waals surface area (Å²) in [6, 6.07) is 0. The van der Waals surface area contributed by atoms with Crippen molar-refractivity contribution in [3.63, 3.8) is 0 Å². The van der Waals surface area contributed by atoms with Gasteiger partial charge in [0.25, 0.3) is 0 Å². The summed E-state index contributed by atoms with van der Waals surface area (Å²) < 4.78 is 0. The van der Waals surface area contributed by atoms with E-state index < -0.39 is 0 Å². The molecule has 0 saturated carbocycles. The molecule has 0 aliphatic carbocycles. The number of nitrogens with zero attached hydrogens (tertiary/aromatic N) is 4. The Morgan fingerprint density at radius 2 is 2.18 bits per heavy atom. The Kier molecular flexibility index (Phi) is 4.64. The minimum Gasteiger partial charge on any atom is -0.225 e. The van der Waals surface area contributed by atoms with Gasteiger partial charge in [0.2, 0.25) is 0 Å². The van der Waals surface area contributed by atoms with E-state index in [0.717, 1.165) is 0 Å². The van der Waals surface area contributed by atoms with Crippen LogP contribution in [0.5, 0.6) is 0 Å². The van der Waals surface area contributed by atoms with Crippen LogP contribution in [0.15, 0.2) is 27.5 Å². The predicted molar refractivity (Wildman–Crippen MR) is 48.9 cm³/mol. The predicted octanol–water partition coefficient (Wildman–Crippen LogP) is 1.47. The molecule has 0 aromatic carbocycles. The van der Waals surface area contributed by atoms with Crippen molar-refractivity contribution in [1.29, 1.82) is 0 Å². The van der Waals surface area contributed by atoms with Crippen molar-refractivity contribution < 1.29 is 0 Å². The molecule has 0 unspecified atom stereocenters. The van der Waals surface area contributed by atoms with Gasteiger partial charge in [-0.3, -0.25) is 0 Å². The normalized spacial score (nSPS) is 14.0. The Labute approximate surface area is 66.7 Å². The van der Waals surface area contributed by atoms with Gasteiger partial charge in [-0.05, 0) is 0 Å². The molecule has 0 spiro atoms. The van der Waals surface area contributed by atoms with E-state index in [1.165, 1.54) is 17.7 Å². The molecule has 0 amide bonds. The second-order valence-electron chi connectivity index (χ2n) is 1.41. The van der Waals surface area contributed by atoms with Crippen LogP contribution in [-0.2, 0) is 0 Å². The van der Waals surface area contributed by atoms with Crippen LogP contribution in [0.2, 0.25) is 0 Å². The van der Waals surface area contributed by atoms with Gasteiger partial charge in [0, 0.05) is 6.72 Å². The molecule has 0 atom stereocenters. The van der Waals surface area contributed by atoms with Gasteiger partial charge in [0.1, 0.15) is 18.5 Å². The summed E-state index contributed by atoms with van der Waals surface area (Å²) in [4.78, 5) is 7.45. The van der Waals surface area contributed by atoms with Crippen LogP contribution in [0.4, 0.5) is 0 Å². The van der Waals surface area contributed by atoms with Gasteiger partial charge in [0.15, 0.2) is 0 Å². The van der Waals surface area contributed by atoms with E-state index in [9.17, 15) is 0 Å². The lowest BCUT2D eigenvalue weighted by molar-refractivity contribution is 0.565. The zero-order valence-electron chi connectivity index (χ0n) is 6.86. The quantitative estimate of drug-likeness (QED) is 0.524. The van der Waals surface area contributed by atoms with E-state index >= 15 is 0 Å².